The molecule has 2 heterocycles. The van der Waals surface area contributed by atoms with Crippen LogP contribution in [0.15, 0.2) is 58.1 Å². The van der Waals surface area contributed by atoms with Crippen LogP contribution in [0.1, 0.15) is 18.4 Å². The Labute approximate surface area is 168 Å². The van der Waals surface area contributed by atoms with Gasteiger partial charge in [0.15, 0.2) is 0 Å². The van der Waals surface area contributed by atoms with Gasteiger partial charge in [0.25, 0.3) is 11.1 Å². The molecule has 7 heteroatoms. The Kier molecular flexibility index (Phi) is 5.20. The van der Waals surface area contributed by atoms with Crippen molar-refractivity contribution in [3.63, 3.8) is 0 Å². The van der Waals surface area contributed by atoms with Gasteiger partial charge in [-0.15, -0.1) is 0 Å². The number of fused-ring (bicyclic) bond motifs is 1. The van der Waals surface area contributed by atoms with E-state index in [1.807, 2.05) is 18.2 Å². The summed E-state index contributed by atoms with van der Waals surface area (Å²) in [4.78, 5) is 41.6. The van der Waals surface area contributed by atoms with Crippen molar-refractivity contribution in [2.75, 3.05) is 25.0 Å². The van der Waals surface area contributed by atoms with Gasteiger partial charge in [-0.3, -0.25) is 19.5 Å². The van der Waals surface area contributed by atoms with Crippen molar-refractivity contribution >= 4 is 22.4 Å². The van der Waals surface area contributed by atoms with Crippen molar-refractivity contribution in [3.05, 3.63) is 74.8 Å². The second-order valence-electron chi connectivity index (χ2n) is 7.45. The molecule has 3 aromatic rings. The molecule has 0 atom stereocenters. The first-order chi connectivity index (χ1) is 14.0. The molecule has 0 aliphatic carbocycles. The summed E-state index contributed by atoms with van der Waals surface area (Å²) in [6.07, 6.45) is 2.36. The number of likely N-dealkylation sites (N-methyl/N-ethyl adjacent to an activating group) is 1. The van der Waals surface area contributed by atoms with E-state index in [2.05, 4.69) is 16.1 Å². The van der Waals surface area contributed by atoms with E-state index in [0.29, 0.717) is 17.3 Å². The number of carbonyl (C=O) groups is 1. The van der Waals surface area contributed by atoms with E-state index in [9.17, 15) is 14.4 Å². The molecule has 0 saturated carbocycles. The molecule has 29 heavy (non-hydrogen) atoms. The fourth-order valence-electron chi connectivity index (χ4n) is 3.87. The standard InChI is InChI=1S/C22H24N4O3/c1-24(14-16-8-2-5-11-19(16)25-12-6-7-13-25)20(27)15-26-22(29)18-10-4-3-9-17(18)21(28)23-26/h2-5,8-11H,6-7,12-15H2,1H3,(H,23,28). The van der Waals surface area contributed by atoms with Crippen LogP contribution in [0.3, 0.4) is 0 Å². The van der Waals surface area contributed by atoms with Crippen LogP contribution in [-0.2, 0) is 17.9 Å². The Morgan fingerprint density at radius 3 is 2.41 bits per heavy atom. The highest BCUT2D eigenvalue weighted by molar-refractivity contribution is 5.81. The zero-order chi connectivity index (χ0) is 20.4. The Balaban J connectivity index is 1.54. The van der Waals surface area contributed by atoms with Crippen LogP contribution in [0.5, 0.6) is 0 Å². The van der Waals surface area contributed by atoms with Crippen molar-refractivity contribution in [1.29, 1.82) is 0 Å². The molecule has 1 aromatic heterocycles. The summed E-state index contributed by atoms with van der Waals surface area (Å²) in [6, 6.07) is 14.7. The zero-order valence-electron chi connectivity index (χ0n) is 16.4. The molecule has 4 rings (SSSR count). The monoisotopic (exact) mass is 392 g/mol. The number of nitrogens with one attached hydrogen (secondary N) is 1. The number of aromatic amines is 1. The fraction of sp³-hybridized carbons (Fsp3) is 0.318. The maximum absolute atomic E-state index is 12.8. The van der Waals surface area contributed by atoms with Crippen LogP contribution in [0.4, 0.5) is 5.69 Å². The molecule has 0 bridgehead atoms. The van der Waals surface area contributed by atoms with Crippen LogP contribution in [0, 0.1) is 0 Å². The third-order valence-electron chi connectivity index (χ3n) is 5.45. The largest absolute Gasteiger partial charge is 0.371 e. The lowest BCUT2D eigenvalue weighted by Gasteiger charge is -2.24. The molecule has 0 unspecified atom stereocenters. The van der Waals surface area contributed by atoms with E-state index in [1.165, 1.54) is 12.8 Å². The Morgan fingerprint density at radius 2 is 1.66 bits per heavy atom. The zero-order valence-corrected chi connectivity index (χ0v) is 16.4. The lowest BCUT2D eigenvalue weighted by molar-refractivity contribution is -0.131. The molecule has 2 aromatic carbocycles. The molecule has 1 N–H and O–H groups in total. The van der Waals surface area contributed by atoms with E-state index in [4.69, 9.17) is 0 Å². The number of hydrogen-bond acceptors (Lipinski definition) is 4. The molecule has 7 nitrogen and oxygen atoms in total. The van der Waals surface area contributed by atoms with Gasteiger partial charge in [0.2, 0.25) is 5.91 Å². The van der Waals surface area contributed by atoms with Gasteiger partial charge in [-0.2, -0.15) is 0 Å². The first kappa shape index (κ1) is 19.0. The van der Waals surface area contributed by atoms with Gasteiger partial charge >= 0.3 is 0 Å². The van der Waals surface area contributed by atoms with E-state index in [-0.39, 0.29) is 23.6 Å². The van der Waals surface area contributed by atoms with Crippen molar-refractivity contribution in [3.8, 4) is 0 Å². The van der Waals surface area contributed by atoms with Crippen LogP contribution in [0.25, 0.3) is 10.8 Å². The summed E-state index contributed by atoms with van der Waals surface area (Å²) in [7, 11) is 1.72. The van der Waals surface area contributed by atoms with Gasteiger partial charge in [-0.05, 0) is 36.6 Å². The second kappa shape index (κ2) is 7.95. The quantitative estimate of drug-likeness (QED) is 0.720. The van der Waals surface area contributed by atoms with E-state index < -0.39 is 0 Å². The first-order valence-corrected chi connectivity index (χ1v) is 9.83. The lowest BCUT2D eigenvalue weighted by Crippen LogP contribution is -2.37. The number of carbonyl (C=O) groups excluding carboxylic acids is 1. The Bertz CT molecular complexity index is 1160. The molecule has 150 valence electrons. The summed E-state index contributed by atoms with van der Waals surface area (Å²) < 4.78 is 1.09. The smallest absolute Gasteiger partial charge is 0.273 e. The summed E-state index contributed by atoms with van der Waals surface area (Å²) in [5.74, 6) is -0.241. The highest BCUT2D eigenvalue weighted by Gasteiger charge is 2.18. The van der Waals surface area contributed by atoms with E-state index in [1.54, 1.807) is 36.2 Å². The topological polar surface area (TPSA) is 78.4 Å². The predicted molar refractivity (Wildman–Crippen MR) is 113 cm³/mol. The fourth-order valence-corrected chi connectivity index (χ4v) is 3.87. The van der Waals surface area contributed by atoms with Crippen LogP contribution >= 0.6 is 0 Å². The molecular weight excluding hydrogens is 368 g/mol. The molecule has 1 aliphatic rings. The molecule has 0 spiro atoms. The van der Waals surface area contributed by atoms with Crippen molar-refractivity contribution in [1.82, 2.24) is 14.7 Å². The van der Waals surface area contributed by atoms with Gasteiger partial charge in [0.05, 0.1) is 10.8 Å². The Morgan fingerprint density at radius 1 is 1.00 bits per heavy atom. The van der Waals surface area contributed by atoms with Gasteiger partial charge < -0.3 is 9.80 Å². The normalized spacial score (nSPS) is 13.8. The number of H-pyrrole nitrogens is 1. The predicted octanol–water partition coefficient (Wildman–Crippen LogP) is 1.95. The molecule has 1 amide bonds. The lowest BCUT2D eigenvalue weighted by atomic mass is 10.1. The number of aromatic nitrogens is 2. The number of anilines is 1. The molecule has 1 fully saturated rings. The number of amides is 1. The van der Waals surface area contributed by atoms with Gasteiger partial charge in [0, 0.05) is 32.4 Å². The maximum atomic E-state index is 12.8. The van der Waals surface area contributed by atoms with Crippen molar-refractivity contribution < 1.29 is 4.79 Å². The van der Waals surface area contributed by atoms with Crippen LogP contribution < -0.4 is 16.0 Å². The highest BCUT2D eigenvalue weighted by atomic mass is 16.2. The SMILES string of the molecule is CN(Cc1ccccc1N1CCCC1)C(=O)Cn1[nH]c(=O)c2ccccc2c1=O. The van der Waals surface area contributed by atoms with Gasteiger partial charge in [-0.1, -0.05) is 30.3 Å². The molecule has 1 aliphatic heterocycles. The van der Waals surface area contributed by atoms with Crippen molar-refractivity contribution in [2.45, 2.75) is 25.9 Å². The number of nitrogens with zero attached hydrogens (tertiary/aromatic N) is 3. The number of rotatable bonds is 5. The minimum atomic E-state index is -0.380. The minimum absolute atomic E-state index is 0.207. The Hall–Kier alpha value is -3.35. The number of benzene rings is 2. The summed E-state index contributed by atoms with van der Waals surface area (Å²) in [5.41, 5.74) is 1.47. The maximum Gasteiger partial charge on any atom is 0.273 e. The van der Waals surface area contributed by atoms with Gasteiger partial charge in [0.1, 0.15) is 6.54 Å². The number of hydrogen-bond donors (Lipinski definition) is 1. The number of para-hydroxylation sites is 1. The second-order valence-corrected chi connectivity index (χ2v) is 7.45. The van der Waals surface area contributed by atoms with Gasteiger partial charge in [-0.25, -0.2) is 4.68 Å². The average molecular weight is 392 g/mol. The summed E-state index contributed by atoms with van der Waals surface area (Å²) in [5, 5.41) is 3.16. The average Bonchev–Trinajstić information content (AvgIpc) is 3.27. The van der Waals surface area contributed by atoms with E-state index >= 15 is 0 Å². The summed E-state index contributed by atoms with van der Waals surface area (Å²) >= 11 is 0. The summed E-state index contributed by atoms with van der Waals surface area (Å²) in [6.45, 7) is 2.30. The molecule has 1 saturated heterocycles. The third kappa shape index (κ3) is 3.81. The highest BCUT2D eigenvalue weighted by Crippen LogP contribution is 2.25. The molecular formula is C22H24N4O3. The third-order valence-corrected chi connectivity index (χ3v) is 5.45. The van der Waals surface area contributed by atoms with E-state index in [0.717, 1.165) is 29.0 Å². The first-order valence-electron chi connectivity index (χ1n) is 9.83. The van der Waals surface area contributed by atoms with Crippen LogP contribution in [-0.4, -0.2) is 40.7 Å². The van der Waals surface area contributed by atoms with Crippen molar-refractivity contribution in [2.24, 2.45) is 0 Å². The minimum Gasteiger partial charge on any atom is -0.371 e. The van der Waals surface area contributed by atoms with Crippen LogP contribution in [0.2, 0.25) is 0 Å². The molecule has 0 radical (unpaired) electrons.